The summed E-state index contributed by atoms with van der Waals surface area (Å²) in [5.74, 6) is -0.155. The minimum absolute atomic E-state index is 0.0941. The lowest BCUT2D eigenvalue weighted by Gasteiger charge is -1.98. The van der Waals surface area contributed by atoms with Crippen molar-refractivity contribution in [2.24, 2.45) is 5.14 Å². The number of hydrogen-bond acceptors (Lipinski definition) is 9. The lowest BCUT2D eigenvalue weighted by atomic mass is 10.3. The van der Waals surface area contributed by atoms with E-state index in [1.807, 2.05) is 16.8 Å². The largest absolute Gasteiger partial charge is 0.452 e. The molecule has 8 nitrogen and oxygen atoms in total. The fourth-order valence-corrected chi connectivity index (χ4v) is 3.81. The van der Waals surface area contributed by atoms with Gasteiger partial charge < -0.3 is 9.26 Å². The summed E-state index contributed by atoms with van der Waals surface area (Å²) >= 11 is 2.34. The van der Waals surface area contributed by atoms with E-state index in [1.165, 1.54) is 16.7 Å². The summed E-state index contributed by atoms with van der Waals surface area (Å²) in [6, 6.07) is 3.00. The van der Waals surface area contributed by atoms with Crippen LogP contribution in [0.3, 0.4) is 0 Å². The first kappa shape index (κ1) is 15.8. The number of thiophene rings is 2. The van der Waals surface area contributed by atoms with Crippen LogP contribution in [0.4, 0.5) is 0 Å². The molecule has 0 bridgehead atoms. The maximum atomic E-state index is 11.9. The van der Waals surface area contributed by atoms with Gasteiger partial charge in [0.1, 0.15) is 4.21 Å². The minimum atomic E-state index is -3.83. The third-order valence-corrected chi connectivity index (χ3v) is 5.74. The average molecular weight is 371 g/mol. The zero-order chi connectivity index (χ0) is 16.4. The Hall–Kier alpha value is -2.08. The van der Waals surface area contributed by atoms with Crippen molar-refractivity contribution in [2.75, 3.05) is 0 Å². The predicted octanol–water partition coefficient (Wildman–Crippen LogP) is 1.86. The molecule has 3 rings (SSSR count). The van der Waals surface area contributed by atoms with Gasteiger partial charge in [0, 0.05) is 16.3 Å². The van der Waals surface area contributed by atoms with E-state index in [9.17, 15) is 13.2 Å². The lowest BCUT2D eigenvalue weighted by Crippen LogP contribution is -2.10. The van der Waals surface area contributed by atoms with Gasteiger partial charge in [0.15, 0.2) is 6.61 Å². The Labute approximate surface area is 138 Å². The van der Waals surface area contributed by atoms with E-state index in [1.54, 1.807) is 0 Å². The van der Waals surface area contributed by atoms with E-state index in [0.717, 1.165) is 23.0 Å². The van der Waals surface area contributed by atoms with Gasteiger partial charge in [-0.3, -0.25) is 0 Å². The topological polar surface area (TPSA) is 125 Å². The van der Waals surface area contributed by atoms with Crippen molar-refractivity contribution in [2.45, 2.75) is 10.8 Å². The Morgan fingerprint density at radius 1 is 1.39 bits per heavy atom. The summed E-state index contributed by atoms with van der Waals surface area (Å²) in [7, 11) is -3.83. The van der Waals surface area contributed by atoms with Gasteiger partial charge in [0.2, 0.25) is 15.8 Å². The second kappa shape index (κ2) is 6.20. The molecule has 3 aromatic rings. The highest BCUT2D eigenvalue weighted by molar-refractivity contribution is 7.91. The smallest absolute Gasteiger partial charge is 0.339 e. The number of aromatic nitrogens is 2. The van der Waals surface area contributed by atoms with Gasteiger partial charge in [-0.2, -0.15) is 16.3 Å². The average Bonchev–Trinajstić information content (AvgIpc) is 3.22. The van der Waals surface area contributed by atoms with Gasteiger partial charge in [0.25, 0.3) is 5.89 Å². The fourth-order valence-electron chi connectivity index (χ4n) is 1.61. The van der Waals surface area contributed by atoms with Crippen LogP contribution in [0.15, 0.2) is 37.0 Å². The first-order chi connectivity index (χ1) is 10.9. The van der Waals surface area contributed by atoms with Crippen LogP contribution in [0.2, 0.25) is 0 Å². The number of sulfonamides is 1. The molecule has 23 heavy (non-hydrogen) atoms. The second-order valence-electron chi connectivity index (χ2n) is 4.30. The molecule has 11 heteroatoms. The van der Waals surface area contributed by atoms with Crippen molar-refractivity contribution in [3.05, 3.63) is 39.7 Å². The Morgan fingerprint density at radius 3 is 2.87 bits per heavy atom. The monoisotopic (exact) mass is 371 g/mol. The first-order valence-corrected chi connectivity index (χ1v) is 9.44. The fraction of sp³-hybridized carbons (Fsp3) is 0.0833. The highest BCUT2D eigenvalue weighted by Crippen LogP contribution is 2.21. The lowest BCUT2D eigenvalue weighted by molar-refractivity contribution is 0.0430. The predicted molar refractivity (Wildman–Crippen MR) is 82.4 cm³/mol. The second-order valence-corrected chi connectivity index (χ2v) is 7.78. The van der Waals surface area contributed by atoms with Gasteiger partial charge in [-0.15, -0.1) is 11.3 Å². The van der Waals surface area contributed by atoms with Crippen LogP contribution in [-0.4, -0.2) is 24.5 Å². The molecule has 0 aliphatic rings. The number of ether oxygens (including phenoxy) is 1. The summed E-state index contributed by atoms with van der Waals surface area (Å²) in [5, 5.41) is 13.9. The van der Waals surface area contributed by atoms with Crippen LogP contribution in [0.25, 0.3) is 11.4 Å². The number of nitrogens with zero attached hydrogens (tertiary/aromatic N) is 2. The Morgan fingerprint density at radius 2 is 2.22 bits per heavy atom. The third-order valence-electron chi connectivity index (χ3n) is 2.67. The van der Waals surface area contributed by atoms with E-state index < -0.39 is 16.0 Å². The maximum Gasteiger partial charge on any atom is 0.339 e. The van der Waals surface area contributed by atoms with E-state index in [2.05, 4.69) is 10.1 Å². The van der Waals surface area contributed by atoms with E-state index in [-0.39, 0.29) is 22.3 Å². The quantitative estimate of drug-likeness (QED) is 0.678. The zero-order valence-corrected chi connectivity index (χ0v) is 13.8. The van der Waals surface area contributed by atoms with Crippen LogP contribution in [0.5, 0.6) is 0 Å². The minimum Gasteiger partial charge on any atom is -0.452 e. The number of hydrogen-bond donors (Lipinski definition) is 1. The molecule has 3 aromatic heterocycles. The molecular weight excluding hydrogens is 362 g/mol. The summed E-state index contributed by atoms with van der Waals surface area (Å²) < 4.78 is 32.2. The molecule has 0 fully saturated rings. The molecule has 120 valence electrons. The molecule has 0 spiro atoms. The number of rotatable bonds is 5. The third kappa shape index (κ3) is 3.64. The highest BCUT2D eigenvalue weighted by Gasteiger charge is 2.17. The summed E-state index contributed by atoms with van der Waals surface area (Å²) in [4.78, 5) is 16.0. The van der Waals surface area contributed by atoms with E-state index in [0.29, 0.717) is 5.82 Å². The molecular formula is C12H9N3O5S3. The molecule has 0 aliphatic heterocycles. The van der Waals surface area contributed by atoms with Crippen molar-refractivity contribution in [1.82, 2.24) is 10.1 Å². The molecule has 0 radical (unpaired) electrons. The molecule has 0 aromatic carbocycles. The normalized spacial score (nSPS) is 11.5. The maximum absolute atomic E-state index is 11.9. The van der Waals surface area contributed by atoms with Gasteiger partial charge in [0.05, 0.1) is 5.56 Å². The summed E-state index contributed by atoms with van der Waals surface area (Å²) in [6.07, 6.45) is 0. The van der Waals surface area contributed by atoms with Gasteiger partial charge in [-0.25, -0.2) is 18.4 Å². The van der Waals surface area contributed by atoms with Crippen molar-refractivity contribution >= 4 is 38.7 Å². The molecule has 0 amide bonds. The number of primary sulfonamides is 1. The zero-order valence-electron chi connectivity index (χ0n) is 11.3. The number of carbonyl (C=O) groups is 1. The number of nitrogens with two attached hydrogens (primary N) is 1. The summed E-state index contributed by atoms with van der Waals surface area (Å²) in [5.41, 5.74) is 0.906. The Bertz CT molecular complexity index is 927. The Kier molecular flexibility index (Phi) is 4.26. The number of carbonyl (C=O) groups excluding carboxylic acids is 1. The van der Waals surface area contributed by atoms with Gasteiger partial charge in [-0.05, 0) is 17.5 Å². The number of esters is 1. The van der Waals surface area contributed by atoms with Crippen LogP contribution in [-0.2, 0) is 21.4 Å². The van der Waals surface area contributed by atoms with Crippen molar-refractivity contribution in [3.8, 4) is 11.4 Å². The van der Waals surface area contributed by atoms with Crippen LogP contribution >= 0.6 is 22.7 Å². The summed E-state index contributed by atoms with van der Waals surface area (Å²) in [6.45, 7) is -0.212. The molecule has 0 unspecified atom stereocenters. The van der Waals surface area contributed by atoms with Crippen LogP contribution in [0, 0.1) is 0 Å². The van der Waals surface area contributed by atoms with Crippen molar-refractivity contribution in [3.63, 3.8) is 0 Å². The molecule has 0 saturated heterocycles. The molecule has 3 heterocycles. The van der Waals surface area contributed by atoms with E-state index >= 15 is 0 Å². The van der Waals surface area contributed by atoms with Crippen molar-refractivity contribution < 1.29 is 22.5 Å². The first-order valence-electron chi connectivity index (χ1n) is 6.07. The van der Waals surface area contributed by atoms with Crippen molar-refractivity contribution in [1.29, 1.82) is 0 Å². The standard InChI is InChI=1S/C12H9N3O5S3/c13-23(17,18)10-3-8(6-22-10)12(16)19-4-9-14-11(15-20-9)7-1-2-21-5-7/h1-3,5-6H,4H2,(H2,13,17,18). The Balaban J connectivity index is 1.64. The SMILES string of the molecule is NS(=O)(=O)c1cc(C(=O)OCc2nc(-c3ccsc3)no2)cs1. The highest BCUT2D eigenvalue weighted by atomic mass is 32.2. The van der Waals surface area contributed by atoms with Gasteiger partial charge >= 0.3 is 5.97 Å². The molecule has 0 saturated carbocycles. The molecule has 0 atom stereocenters. The molecule has 2 N–H and O–H groups in total. The van der Waals surface area contributed by atoms with Crippen LogP contribution in [0.1, 0.15) is 16.2 Å². The van der Waals surface area contributed by atoms with Crippen LogP contribution < -0.4 is 5.14 Å². The van der Waals surface area contributed by atoms with Gasteiger partial charge in [-0.1, -0.05) is 5.16 Å². The van der Waals surface area contributed by atoms with E-state index in [4.69, 9.17) is 14.4 Å². The molecule has 0 aliphatic carbocycles.